The molecule has 0 spiro atoms. The number of rotatable bonds is 3. The molecule has 8 heteroatoms. The van der Waals surface area contributed by atoms with Gasteiger partial charge in [0.1, 0.15) is 5.82 Å². The third-order valence-electron chi connectivity index (χ3n) is 4.47. The Labute approximate surface area is 154 Å². The second-order valence-electron chi connectivity index (χ2n) is 6.30. The van der Waals surface area contributed by atoms with Crippen molar-refractivity contribution in [3.05, 3.63) is 51.1 Å². The molecule has 132 valence electrons. The van der Waals surface area contributed by atoms with Gasteiger partial charge in [-0.1, -0.05) is 0 Å². The maximum Gasteiger partial charge on any atom is 0.252 e. The van der Waals surface area contributed by atoms with Crippen molar-refractivity contribution in [2.24, 2.45) is 0 Å². The van der Waals surface area contributed by atoms with Gasteiger partial charge in [-0.05, 0) is 32.9 Å². The van der Waals surface area contributed by atoms with Crippen LogP contribution in [-0.4, -0.2) is 31.4 Å². The Morgan fingerprint density at radius 2 is 2.00 bits per heavy atom. The molecule has 0 aliphatic carbocycles. The highest BCUT2D eigenvalue weighted by molar-refractivity contribution is 7.12. The molecule has 3 aromatic rings. The first-order valence-electron chi connectivity index (χ1n) is 8.23. The van der Waals surface area contributed by atoms with Crippen LogP contribution in [0.15, 0.2) is 24.5 Å². The summed E-state index contributed by atoms with van der Waals surface area (Å²) in [6.45, 7) is 5.74. The molecule has 0 saturated carbocycles. The van der Waals surface area contributed by atoms with Crippen LogP contribution < -0.4 is 5.32 Å². The lowest BCUT2D eigenvalue weighted by atomic mass is 9.85. The molecule has 0 aromatic carbocycles. The number of aryl methyl sites for hydroxylation is 3. The van der Waals surface area contributed by atoms with Gasteiger partial charge in [0.15, 0.2) is 5.78 Å². The second-order valence-corrected chi connectivity index (χ2v) is 7.76. The molecule has 1 amide bonds. The van der Waals surface area contributed by atoms with E-state index >= 15 is 0 Å². The molecule has 4 heterocycles. The van der Waals surface area contributed by atoms with Crippen molar-refractivity contribution in [2.45, 2.75) is 33.1 Å². The molecular weight excluding hydrogens is 350 g/mol. The van der Waals surface area contributed by atoms with Crippen LogP contribution in [0.1, 0.15) is 43.7 Å². The third kappa shape index (κ3) is 2.62. The van der Waals surface area contributed by atoms with Crippen molar-refractivity contribution in [1.82, 2.24) is 19.7 Å². The number of amides is 1. The van der Waals surface area contributed by atoms with Crippen LogP contribution in [0.3, 0.4) is 0 Å². The van der Waals surface area contributed by atoms with E-state index in [1.54, 1.807) is 29.8 Å². The van der Waals surface area contributed by atoms with E-state index in [0.717, 1.165) is 15.3 Å². The summed E-state index contributed by atoms with van der Waals surface area (Å²) in [7, 11) is 0. The summed E-state index contributed by atoms with van der Waals surface area (Å²) in [6, 6.07) is 3.60. The number of carbonyl (C=O) groups is 2. The molecule has 7 nitrogen and oxygen atoms in total. The zero-order valence-corrected chi connectivity index (χ0v) is 15.4. The number of thiophene rings is 1. The van der Waals surface area contributed by atoms with Gasteiger partial charge in [0.2, 0.25) is 5.91 Å². The first kappa shape index (κ1) is 16.6. The monoisotopic (exact) mass is 367 g/mol. The number of Topliss-reactive ketones (excluding diaryl/α,β-unsaturated/α-hetero) is 1. The molecule has 0 radical (unpaired) electrons. The Bertz CT molecular complexity index is 1020. The largest absolute Gasteiger partial charge is 0.310 e. The first-order valence-corrected chi connectivity index (χ1v) is 9.05. The van der Waals surface area contributed by atoms with E-state index in [0.29, 0.717) is 23.0 Å². The Hall–Kier alpha value is -2.87. The number of hydrogen-bond donors (Lipinski definition) is 1. The zero-order chi connectivity index (χ0) is 18.4. The van der Waals surface area contributed by atoms with E-state index in [1.807, 2.05) is 26.8 Å². The molecule has 0 fully saturated rings. The summed E-state index contributed by atoms with van der Waals surface area (Å²) in [5.74, 6) is 0.0294. The average molecular weight is 367 g/mol. The quantitative estimate of drug-likeness (QED) is 0.719. The maximum atomic E-state index is 13.2. The van der Waals surface area contributed by atoms with E-state index in [1.165, 1.54) is 4.68 Å². The Morgan fingerprint density at radius 1 is 1.27 bits per heavy atom. The molecule has 26 heavy (non-hydrogen) atoms. The maximum absolute atomic E-state index is 13.2. The number of aromatic nitrogens is 4. The van der Waals surface area contributed by atoms with Crippen LogP contribution in [0.5, 0.6) is 0 Å². The Kier molecular flexibility index (Phi) is 3.91. The molecule has 1 aliphatic rings. The Morgan fingerprint density at radius 3 is 2.65 bits per heavy atom. The summed E-state index contributed by atoms with van der Waals surface area (Å²) < 4.78 is 1.49. The highest BCUT2D eigenvalue weighted by Crippen LogP contribution is 2.39. The minimum absolute atomic E-state index is 0.0421. The zero-order valence-electron chi connectivity index (χ0n) is 14.6. The first-order chi connectivity index (χ1) is 12.5. The van der Waals surface area contributed by atoms with Gasteiger partial charge < -0.3 is 5.32 Å². The second kappa shape index (κ2) is 6.14. The third-order valence-corrected chi connectivity index (χ3v) is 5.43. The summed E-state index contributed by atoms with van der Waals surface area (Å²) >= 11 is 1.59. The van der Waals surface area contributed by atoms with Gasteiger partial charge in [-0.3, -0.25) is 9.59 Å². The molecule has 1 aliphatic heterocycles. The van der Waals surface area contributed by atoms with Gasteiger partial charge in [-0.15, -0.1) is 11.3 Å². The Balaban J connectivity index is 1.84. The van der Waals surface area contributed by atoms with Crippen LogP contribution in [0.25, 0.3) is 5.95 Å². The van der Waals surface area contributed by atoms with Gasteiger partial charge in [0.25, 0.3) is 5.95 Å². The predicted molar refractivity (Wildman–Crippen MR) is 98.0 cm³/mol. The van der Waals surface area contributed by atoms with Crippen LogP contribution in [0, 0.1) is 20.8 Å². The number of anilines is 1. The van der Waals surface area contributed by atoms with Crippen LogP contribution in [0.4, 0.5) is 5.82 Å². The normalized spacial score (nSPS) is 16.3. The van der Waals surface area contributed by atoms with E-state index in [-0.39, 0.29) is 18.1 Å². The van der Waals surface area contributed by atoms with Crippen LogP contribution in [-0.2, 0) is 4.79 Å². The highest BCUT2D eigenvalue weighted by atomic mass is 32.1. The van der Waals surface area contributed by atoms with E-state index in [2.05, 4.69) is 20.4 Å². The van der Waals surface area contributed by atoms with Crippen molar-refractivity contribution < 1.29 is 9.59 Å². The average Bonchev–Trinajstić information content (AvgIpc) is 3.13. The van der Waals surface area contributed by atoms with Crippen molar-refractivity contribution in [3.63, 3.8) is 0 Å². The fourth-order valence-electron chi connectivity index (χ4n) is 3.38. The number of ketones is 1. The van der Waals surface area contributed by atoms with Gasteiger partial charge >= 0.3 is 0 Å². The van der Waals surface area contributed by atoms with E-state index in [9.17, 15) is 9.59 Å². The predicted octanol–water partition coefficient (Wildman–Crippen LogP) is 2.96. The fraction of sp³-hybridized carbons (Fsp3) is 0.278. The lowest BCUT2D eigenvalue weighted by Crippen LogP contribution is -2.28. The summed E-state index contributed by atoms with van der Waals surface area (Å²) in [4.78, 5) is 36.0. The van der Waals surface area contributed by atoms with Gasteiger partial charge in [0, 0.05) is 39.7 Å². The SMILES string of the molecule is Cc1cc(C(=O)C2CC(=O)Nc3c2c(C)nn3-c2ncccn2)c(C)s1. The van der Waals surface area contributed by atoms with Crippen molar-refractivity contribution in [2.75, 3.05) is 5.32 Å². The minimum atomic E-state index is -0.552. The number of fused-ring (bicyclic) bond motifs is 1. The topological polar surface area (TPSA) is 89.8 Å². The smallest absolute Gasteiger partial charge is 0.252 e. The molecule has 1 atom stereocenters. The standard InChI is InChI=1S/C18H17N5O2S/c1-9-7-12(11(3)26-9)16(25)13-8-14(24)21-17-15(13)10(2)22-23(17)18-19-5-4-6-20-18/h4-7,13H,8H2,1-3H3,(H,21,24). The van der Waals surface area contributed by atoms with E-state index in [4.69, 9.17) is 0 Å². The van der Waals surface area contributed by atoms with E-state index < -0.39 is 5.92 Å². The molecule has 1 N–H and O–H groups in total. The van der Waals surface area contributed by atoms with Gasteiger partial charge in [-0.25, -0.2) is 9.97 Å². The summed E-state index contributed by atoms with van der Waals surface area (Å²) in [5.41, 5.74) is 2.11. The molecule has 0 bridgehead atoms. The van der Waals surface area contributed by atoms with Gasteiger partial charge in [0.05, 0.1) is 11.6 Å². The molecule has 3 aromatic heterocycles. The molecular formula is C18H17N5O2S. The van der Waals surface area contributed by atoms with Crippen molar-refractivity contribution in [1.29, 1.82) is 0 Å². The minimum Gasteiger partial charge on any atom is -0.310 e. The molecule has 0 saturated heterocycles. The lowest BCUT2D eigenvalue weighted by molar-refractivity contribution is -0.116. The number of carbonyl (C=O) groups excluding carboxylic acids is 2. The summed E-state index contributed by atoms with van der Waals surface area (Å²) in [5, 5.41) is 7.31. The highest BCUT2D eigenvalue weighted by Gasteiger charge is 2.37. The number of hydrogen-bond acceptors (Lipinski definition) is 6. The van der Waals surface area contributed by atoms with Crippen molar-refractivity contribution in [3.8, 4) is 5.95 Å². The van der Waals surface area contributed by atoms with Crippen LogP contribution in [0.2, 0.25) is 0 Å². The number of nitrogens with zero attached hydrogens (tertiary/aromatic N) is 4. The number of nitrogens with one attached hydrogen (secondary N) is 1. The van der Waals surface area contributed by atoms with Crippen LogP contribution >= 0.6 is 11.3 Å². The molecule has 1 unspecified atom stereocenters. The lowest BCUT2D eigenvalue weighted by Gasteiger charge is -2.22. The molecule has 4 rings (SSSR count). The van der Waals surface area contributed by atoms with Crippen molar-refractivity contribution >= 4 is 28.8 Å². The van der Waals surface area contributed by atoms with Gasteiger partial charge in [-0.2, -0.15) is 9.78 Å². The summed E-state index contributed by atoms with van der Waals surface area (Å²) in [6.07, 6.45) is 3.33. The fourth-order valence-corrected chi connectivity index (χ4v) is 4.31.